The van der Waals surface area contributed by atoms with Crippen LogP contribution in [0.3, 0.4) is 0 Å². The number of aromatic nitrogens is 1. The van der Waals surface area contributed by atoms with Crippen LogP contribution in [0.15, 0.2) is 30.5 Å². The van der Waals surface area contributed by atoms with Gasteiger partial charge in [0.15, 0.2) is 0 Å². The number of nitrogens with zero attached hydrogens (tertiary/aromatic N) is 1. The number of rotatable bonds is 3. The fourth-order valence-corrected chi connectivity index (χ4v) is 2.10. The van der Waals surface area contributed by atoms with E-state index in [9.17, 15) is 4.79 Å². The van der Waals surface area contributed by atoms with Gasteiger partial charge < -0.3 is 9.30 Å². The summed E-state index contributed by atoms with van der Waals surface area (Å²) in [5, 5.41) is 1.71. The molecule has 1 aromatic heterocycles. The van der Waals surface area contributed by atoms with Crippen molar-refractivity contribution in [1.82, 2.24) is 4.57 Å². The number of halogens is 1. The molecule has 0 amide bonds. The van der Waals surface area contributed by atoms with Crippen LogP contribution in [0.5, 0.6) is 0 Å². The molecule has 96 valence electrons. The van der Waals surface area contributed by atoms with E-state index in [-0.39, 0.29) is 18.1 Å². The average Bonchev–Trinajstić information content (AvgIpc) is 2.69. The summed E-state index contributed by atoms with van der Waals surface area (Å²) in [5.41, 5.74) is 0.979. The van der Waals surface area contributed by atoms with Crippen LogP contribution >= 0.6 is 11.6 Å². The highest BCUT2D eigenvalue weighted by Gasteiger charge is 2.18. The van der Waals surface area contributed by atoms with Crippen molar-refractivity contribution in [2.75, 3.05) is 0 Å². The number of carbonyl (C=O) groups excluding carboxylic acids is 1. The van der Waals surface area contributed by atoms with Crippen LogP contribution in [-0.4, -0.2) is 16.6 Å². The first-order valence-electron chi connectivity index (χ1n) is 5.95. The van der Waals surface area contributed by atoms with Crippen molar-refractivity contribution >= 4 is 28.5 Å². The first-order valence-corrected chi connectivity index (χ1v) is 6.33. The van der Waals surface area contributed by atoms with Gasteiger partial charge in [-0.25, -0.2) is 4.79 Å². The SMILES string of the molecule is CC(C)OC(=O)C(C)n1ccc2cc(Cl)ccc21. The van der Waals surface area contributed by atoms with Gasteiger partial charge in [0.05, 0.1) is 6.10 Å². The largest absolute Gasteiger partial charge is 0.461 e. The molecule has 0 aliphatic carbocycles. The van der Waals surface area contributed by atoms with Gasteiger partial charge in [-0.15, -0.1) is 0 Å². The molecule has 0 bridgehead atoms. The number of benzene rings is 1. The molecule has 2 rings (SSSR count). The highest BCUT2D eigenvalue weighted by atomic mass is 35.5. The lowest BCUT2D eigenvalue weighted by Gasteiger charge is -2.16. The van der Waals surface area contributed by atoms with Gasteiger partial charge in [0.1, 0.15) is 6.04 Å². The van der Waals surface area contributed by atoms with Crippen molar-refractivity contribution in [3.63, 3.8) is 0 Å². The summed E-state index contributed by atoms with van der Waals surface area (Å²) >= 11 is 5.94. The third-order valence-electron chi connectivity index (χ3n) is 2.79. The topological polar surface area (TPSA) is 31.2 Å². The van der Waals surface area contributed by atoms with Gasteiger partial charge in [0.25, 0.3) is 0 Å². The van der Waals surface area contributed by atoms with E-state index in [1.165, 1.54) is 0 Å². The van der Waals surface area contributed by atoms with Crippen LogP contribution in [0.4, 0.5) is 0 Å². The Morgan fingerprint density at radius 1 is 1.28 bits per heavy atom. The Balaban J connectivity index is 2.33. The predicted molar refractivity (Wildman–Crippen MR) is 72.9 cm³/mol. The molecule has 2 aromatic rings. The number of ether oxygens (including phenoxy) is 1. The van der Waals surface area contributed by atoms with Crippen molar-refractivity contribution in [3.05, 3.63) is 35.5 Å². The van der Waals surface area contributed by atoms with Crippen molar-refractivity contribution in [2.24, 2.45) is 0 Å². The maximum atomic E-state index is 11.9. The zero-order valence-corrected chi connectivity index (χ0v) is 11.4. The minimum Gasteiger partial charge on any atom is -0.461 e. The zero-order valence-electron chi connectivity index (χ0n) is 10.7. The minimum atomic E-state index is -0.342. The van der Waals surface area contributed by atoms with Gasteiger partial charge in [0, 0.05) is 22.1 Å². The molecule has 0 N–H and O–H groups in total. The number of carbonyl (C=O) groups is 1. The first-order chi connectivity index (χ1) is 8.49. The Labute approximate surface area is 111 Å². The Morgan fingerprint density at radius 2 is 2.00 bits per heavy atom. The molecule has 3 nitrogen and oxygen atoms in total. The number of hydrogen-bond acceptors (Lipinski definition) is 2. The van der Waals surface area contributed by atoms with Crippen LogP contribution in [-0.2, 0) is 9.53 Å². The molecule has 4 heteroatoms. The standard InChI is InChI=1S/C14H16ClNO2/c1-9(2)18-14(17)10(3)16-7-6-11-8-12(15)4-5-13(11)16/h4-10H,1-3H3. The van der Waals surface area contributed by atoms with Crippen molar-refractivity contribution in [3.8, 4) is 0 Å². The molecule has 0 spiro atoms. The quantitative estimate of drug-likeness (QED) is 0.791. The van der Waals surface area contributed by atoms with E-state index in [4.69, 9.17) is 16.3 Å². The van der Waals surface area contributed by atoms with Crippen LogP contribution in [0.25, 0.3) is 10.9 Å². The lowest BCUT2D eigenvalue weighted by atomic mass is 10.2. The summed E-state index contributed by atoms with van der Waals surface area (Å²) in [7, 11) is 0. The average molecular weight is 266 g/mol. The first kappa shape index (κ1) is 13.0. The molecule has 0 aliphatic heterocycles. The van der Waals surface area contributed by atoms with E-state index in [0.29, 0.717) is 5.02 Å². The van der Waals surface area contributed by atoms with Crippen molar-refractivity contribution in [2.45, 2.75) is 32.9 Å². The van der Waals surface area contributed by atoms with E-state index in [2.05, 4.69) is 0 Å². The van der Waals surface area contributed by atoms with Crippen LogP contribution in [0.1, 0.15) is 26.8 Å². The lowest BCUT2D eigenvalue weighted by molar-refractivity contribution is -0.150. The summed E-state index contributed by atoms with van der Waals surface area (Å²) in [4.78, 5) is 11.9. The Kier molecular flexibility index (Phi) is 3.62. The smallest absolute Gasteiger partial charge is 0.329 e. The summed E-state index contributed by atoms with van der Waals surface area (Å²) in [6, 6.07) is 7.22. The molecule has 0 fully saturated rings. The summed E-state index contributed by atoms with van der Waals surface area (Å²) in [5.74, 6) is -0.225. The van der Waals surface area contributed by atoms with E-state index in [0.717, 1.165) is 10.9 Å². The molecular formula is C14H16ClNO2. The van der Waals surface area contributed by atoms with Crippen molar-refractivity contribution < 1.29 is 9.53 Å². The normalized spacial score (nSPS) is 12.9. The van der Waals surface area contributed by atoms with Crippen molar-refractivity contribution in [1.29, 1.82) is 0 Å². The lowest BCUT2D eigenvalue weighted by Crippen LogP contribution is -2.21. The molecule has 18 heavy (non-hydrogen) atoms. The molecule has 1 unspecified atom stereocenters. The number of fused-ring (bicyclic) bond motifs is 1. The van der Waals surface area contributed by atoms with E-state index in [1.54, 1.807) is 0 Å². The predicted octanol–water partition coefficient (Wildman–Crippen LogP) is 3.81. The number of hydrogen-bond donors (Lipinski definition) is 0. The monoisotopic (exact) mass is 265 g/mol. The Hall–Kier alpha value is -1.48. The van der Waals surface area contributed by atoms with Crippen LogP contribution in [0, 0.1) is 0 Å². The second kappa shape index (κ2) is 5.02. The highest BCUT2D eigenvalue weighted by Crippen LogP contribution is 2.24. The van der Waals surface area contributed by atoms with Crippen LogP contribution in [0.2, 0.25) is 5.02 Å². The summed E-state index contributed by atoms with van der Waals surface area (Å²) in [6.45, 7) is 5.52. The molecular weight excluding hydrogens is 250 g/mol. The second-order valence-electron chi connectivity index (χ2n) is 4.59. The maximum Gasteiger partial charge on any atom is 0.329 e. The summed E-state index contributed by atoms with van der Waals surface area (Å²) < 4.78 is 7.12. The van der Waals surface area contributed by atoms with Gasteiger partial charge in [-0.2, -0.15) is 0 Å². The van der Waals surface area contributed by atoms with E-state index >= 15 is 0 Å². The van der Waals surface area contributed by atoms with Gasteiger partial charge in [0.2, 0.25) is 0 Å². The third-order valence-corrected chi connectivity index (χ3v) is 3.03. The van der Waals surface area contributed by atoms with Gasteiger partial charge >= 0.3 is 5.97 Å². The number of esters is 1. The van der Waals surface area contributed by atoms with Gasteiger partial charge in [-0.05, 0) is 45.0 Å². The molecule has 1 aromatic carbocycles. The minimum absolute atomic E-state index is 0.101. The third kappa shape index (κ3) is 2.51. The molecule has 1 heterocycles. The van der Waals surface area contributed by atoms with E-state index < -0.39 is 0 Å². The second-order valence-corrected chi connectivity index (χ2v) is 5.02. The Bertz CT molecular complexity index is 574. The molecule has 0 saturated carbocycles. The van der Waals surface area contributed by atoms with Gasteiger partial charge in [-0.3, -0.25) is 0 Å². The molecule has 0 saturated heterocycles. The van der Waals surface area contributed by atoms with Crippen LogP contribution < -0.4 is 0 Å². The molecule has 0 aliphatic rings. The Morgan fingerprint density at radius 3 is 2.67 bits per heavy atom. The highest BCUT2D eigenvalue weighted by molar-refractivity contribution is 6.31. The summed E-state index contributed by atoms with van der Waals surface area (Å²) in [6.07, 6.45) is 1.78. The zero-order chi connectivity index (χ0) is 13.3. The molecule has 1 atom stereocenters. The maximum absolute atomic E-state index is 11.9. The molecule has 0 radical (unpaired) electrons. The van der Waals surface area contributed by atoms with Gasteiger partial charge in [-0.1, -0.05) is 11.6 Å². The van der Waals surface area contributed by atoms with E-state index in [1.807, 2.05) is 55.8 Å². The fraction of sp³-hybridized carbons (Fsp3) is 0.357. The fourth-order valence-electron chi connectivity index (χ4n) is 1.92.